The molecule has 5 fully saturated rings. The van der Waals surface area contributed by atoms with Crippen LogP contribution in [-0.4, -0.2) is 81.0 Å². The second kappa shape index (κ2) is 13.1. The van der Waals surface area contributed by atoms with Crippen molar-refractivity contribution in [2.24, 2.45) is 57.2 Å². The van der Waals surface area contributed by atoms with Crippen molar-refractivity contribution in [2.75, 3.05) is 44.8 Å². The molecule has 7 nitrogen and oxygen atoms in total. The Morgan fingerprint density at radius 1 is 0.941 bits per heavy atom. The van der Waals surface area contributed by atoms with Gasteiger partial charge in [-0.2, -0.15) is 10.6 Å². The highest BCUT2D eigenvalue weighted by molar-refractivity contribution is 8.24. The molecule has 0 bridgehead atoms. The maximum absolute atomic E-state index is 12.3. The molecule has 0 aromatic heterocycles. The average molecular weight is 729 g/mol. The third-order valence-electron chi connectivity index (χ3n) is 17.6. The topological polar surface area (TPSA) is 102 Å². The smallest absolute Gasteiger partial charge is 0.308 e. The average Bonchev–Trinajstić information content (AvgIpc) is 3.46. The Hall–Kier alpha value is -0.900. The number of nitrogens with zero attached hydrogens (tertiary/aromatic N) is 1. The minimum absolute atomic E-state index is 0.00297. The Morgan fingerprint density at radius 3 is 2.31 bits per heavy atom. The molecule has 0 spiro atoms. The van der Waals surface area contributed by atoms with Crippen molar-refractivity contribution in [3.8, 4) is 0 Å². The summed E-state index contributed by atoms with van der Waals surface area (Å²) in [5.74, 6) is 3.63. The van der Waals surface area contributed by atoms with Gasteiger partial charge in [0, 0.05) is 31.7 Å². The zero-order valence-corrected chi connectivity index (χ0v) is 34.2. The van der Waals surface area contributed by atoms with E-state index in [-0.39, 0.29) is 39.1 Å². The van der Waals surface area contributed by atoms with Crippen molar-refractivity contribution >= 4 is 16.6 Å². The molecular weight excluding hydrogens is 657 g/mol. The fourth-order valence-corrected chi connectivity index (χ4v) is 16.1. The van der Waals surface area contributed by atoms with Crippen molar-refractivity contribution < 1.29 is 23.7 Å². The van der Waals surface area contributed by atoms with Gasteiger partial charge in [-0.25, -0.2) is 0 Å². The lowest BCUT2D eigenvalue weighted by Gasteiger charge is -2.72. The van der Waals surface area contributed by atoms with E-state index < -0.39 is 16.2 Å². The highest BCUT2D eigenvalue weighted by Crippen LogP contribution is 2.76. The molecule has 1 aliphatic heterocycles. The number of ether oxygens (including phenoxy) is 1. The lowest BCUT2D eigenvalue weighted by molar-refractivity contribution is -0.226. The number of esters is 1. The lowest BCUT2D eigenvalue weighted by Crippen LogP contribution is -2.68. The molecular formula is C43H72N2O5S. The predicted octanol–water partition coefficient (Wildman–Crippen LogP) is 8.68. The Morgan fingerprint density at radius 2 is 1.67 bits per heavy atom. The number of allylic oxidation sites excluding steroid dienone is 4. The summed E-state index contributed by atoms with van der Waals surface area (Å²) in [5.41, 5.74) is 3.27. The number of hydrogen-bond acceptors (Lipinski definition) is 7. The Kier molecular flexibility index (Phi) is 9.86. The molecule has 0 aromatic rings. The summed E-state index contributed by atoms with van der Waals surface area (Å²) in [7, 11) is -0.864. The van der Waals surface area contributed by atoms with Crippen LogP contribution >= 0.6 is 10.6 Å². The fourth-order valence-electron chi connectivity index (χ4n) is 14.8. The molecule has 0 aromatic carbocycles. The zero-order chi connectivity index (χ0) is 36.8. The molecule has 51 heavy (non-hydrogen) atoms. The van der Waals surface area contributed by atoms with Crippen LogP contribution in [-0.2, 0) is 9.53 Å². The zero-order valence-electron chi connectivity index (χ0n) is 33.4. The first kappa shape index (κ1) is 38.4. The predicted molar refractivity (Wildman–Crippen MR) is 209 cm³/mol. The molecule has 10 atom stereocenters. The van der Waals surface area contributed by atoms with Crippen LogP contribution in [0.15, 0.2) is 23.3 Å². The number of aliphatic hydroxyl groups is 1. The van der Waals surface area contributed by atoms with E-state index in [0.29, 0.717) is 41.1 Å². The number of fused-ring (bicyclic) bond motifs is 7. The Labute approximate surface area is 311 Å². The molecule has 1 unspecified atom stereocenters. The number of methoxy groups -OCH3 is 1. The van der Waals surface area contributed by atoms with E-state index >= 15 is 0 Å². The van der Waals surface area contributed by atoms with Gasteiger partial charge >= 0.3 is 5.97 Å². The minimum Gasteiger partial charge on any atom is -0.469 e. The molecule has 290 valence electrons. The number of hydrogen-bond donors (Lipinski definition) is 4. The van der Waals surface area contributed by atoms with Crippen LogP contribution in [0.25, 0.3) is 0 Å². The van der Waals surface area contributed by atoms with Gasteiger partial charge in [0.2, 0.25) is 0 Å². The van der Waals surface area contributed by atoms with E-state index in [0.717, 1.165) is 64.7 Å². The third kappa shape index (κ3) is 6.15. The normalized spacial score (nSPS) is 45.6. The van der Waals surface area contributed by atoms with Gasteiger partial charge in [0.1, 0.15) is 0 Å². The van der Waals surface area contributed by atoms with Gasteiger partial charge in [0.25, 0.3) is 0 Å². The SMILES string of the molecule is COC(=O)C1CC=C(C2=CC[C@]3(C)[C@H]4CC[C@@H]5[C@H]6[C@H](C(C)(C)O)CC[C@]6(NCCN6CCS(O)(O)CC6)CC[C@@]5(C)[C@]4(C)CC[C@H]3C2(C)C)CC1. The van der Waals surface area contributed by atoms with Crippen molar-refractivity contribution in [3.63, 3.8) is 0 Å². The second-order valence-electron chi connectivity index (χ2n) is 20.4. The molecule has 7 rings (SSSR count). The molecule has 0 amide bonds. The molecule has 8 heteroatoms. The molecule has 0 radical (unpaired) electrons. The Bertz CT molecular complexity index is 1410. The summed E-state index contributed by atoms with van der Waals surface area (Å²) in [6.07, 6.45) is 18.6. The van der Waals surface area contributed by atoms with Crippen LogP contribution in [0.5, 0.6) is 0 Å². The first-order chi connectivity index (χ1) is 23.8. The summed E-state index contributed by atoms with van der Waals surface area (Å²) in [6.45, 7) is 20.7. The molecule has 4 N–H and O–H groups in total. The van der Waals surface area contributed by atoms with E-state index in [1.54, 1.807) is 5.57 Å². The van der Waals surface area contributed by atoms with Crippen LogP contribution in [0.2, 0.25) is 0 Å². The summed E-state index contributed by atoms with van der Waals surface area (Å²) in [4.78, 5) is 14.7. The van der Waals surface area contributed by atoms with Crippen molar-refractivity contribution in [3.05, 3.63) is 23.3 Å². The molecule has 1 heterocycles. The van der Waals surface area contributed by atoms with Gasteiger partial charge in [-0.1, -0.05) is 46.8 Å². The van der Waals surface area contributed by atoms with Crippen molar-refractivity contribution in [1.29, 1.82) is 0 Å². The van der Waals surface area contributed by atoms with Gasteiger partial charge in [-0.3, -0.25) is 18.8 Å². The fraction of sp³-hybridized carbons (Fsp3) is 0.884. The number of carbonyl (C=O) groups excluding carboxylic acids is 1. The summed E-state index contributed by atoms with van der Waals surface area (Å²) in [5, 5.41) is 15.9. The summed E-state index contributed by atoms with van der Waals surface area (Å²) < 4.78 is 25.4. The second-order valence-corrected chi connectivity index (χ2v) is 22.8. The maximum Gasteiger partial charge on any atom is 0.308 e. The number of carbonyl (C=O) groups is 1. The summed E-state index contributed by atoms with van der Waals surface area (Å²) in [6, 6.07) is 0. The minimum atomic E-state index is -2.38. The van der Waals surface area contributed by atoms with E-state index in [2.05, 4.69) is 70.8 Å². The van der Waals surface area contributed by atoms with Crippen LogP contribution in [0.1, 0.15) is 126 Å². The van der Waals surface area contributed by atoms with Crippen molar-refractivity contribution in [1.82, 2.24) is 10.2 Å². The molecule has 1 saturated heterocycles. The quantitative estimate of drug-likeness (QED) is 0.195. The molecule has 7 aliphatic rings. The van der Waals surface area contributed by atoms with Crippen LogP contribution < -0.4 is 5.32 Å². The standard InChI is InChI=1S/C43H72N2O5S/c1-38(2)31(29-9-11-30(12-10-29)37(46)50-8)15-18-40(5)34(38)17-19-42(7)35(40)14-13-33-36-32(39(3,4)47)16-20-43(36,22-21-41(33,42)6)44-23-24-45-25-27-51(48,49)28-26-45/h9,15,30,32-36,44,47-49H,10-14,16-28H2,1-8H3/t30?,32-,33-,34+,35-,36-,40+,41-,42-,43+/m1/s1. The van der Waals surface area contributed by atoms with Gasteiger partial charge in [-0.15, -0.1) is 0 Å². The summed E-state index contributed by atoms with van der Waals surface area (Å²) >= 11 is 0. The lowest BCUT2D eigenvalue weighted by atomic mass is 9.32. The third-order valence-corrected chi connectivity index (χ3v) is 19.3. The van der Waals surface area contributed by atoms with E-state index in [1.807, 2.05) is 0 Å². The van der Waals surface area contributed by atoms with Gasteiger partial charge in [0.15, 0.2) is 0 Å². The van der Waals surface area contributed by atoms with Crippen LogP contribution in [0.4, 0.5) is 0 Å². The molecule has 6 aliphatic carbocycles. The van der Waals surface area contributed by atoms with Crippen LogP contribution in [0, 0.1) is 57.2 Å². The monoisotopic (exact) mass is 729 g/mol. The highest BCUT2D eigenvalue weighted by Gasteiger charge is 2.71. The van der Waals surface area contributed by atoms with E-state index in [4.69, 9.17) is 4.74 Å². The number of nitrogens with one attached hydrogen (secondary N) is 1. The Balaban J connectivity index is 1.13. The maximum atomic E-state index is 12.3. The van der Waals surface area contributed by atoms with E-state index in [9.17, 15) is 19.0 Å². The first-order valence-electron chi connectivity index (χ1n) is 20.7. The highest BCUT2D eigenvalue weighted by atomic mass is 32.3. The van der Waals surface area contributed by atoms with Gasteiger partial charge in [-0.05, 0) is 153 Å². The largest absolute Gasteiger partial charge is 0.469 e. The first-order valence-corrected chi connectivity index (χ1v) is 22.6. The van der Waals surface area contributed by atoms with E-state index in [1.165, 1.54) is 51.2 Å². The number of rotatable bonds is 7. The van der Waals surface area contributed by atoms with Gasteiger partial charge < -0.3 is 15.2 Å². The van der Waals surface area contributed by atoms with Crippen molar-refractivity contribution in [2.45, 2.75) is 137 Å². The van der Waals surface area contributed by atoms with Crippen LogP contribution in [0.3, 0.4) is 0 Å². The molecule has 4 saturated carbocycles. The van der Waals surface area contributed by atoms with Gasteiger partial charge in [0.05, 0.1) is 30.1 Å².